The maximum absolute atomic E-state index is 12.0. The summed E-state index contributed by atoms with van der Waals surface area (Å²) in [5, 5.41) is 0. The van der Waals surface area contributed by atoms with Gasteiger partial charge in [0, 0.05) is 6.21 Å². The van der Waals surface area contributed by atoms with E-state index in [4.69, 9.17) is 4.74 Å². The number of nitrogens with zero attached hydrogens (tertiary/aromatic N) is 1. The number of ether oxygens (including phenoxy) is 1. The third-order valence-corrected chi connectivity index (χ3v) is 3.27. The van der Waals surface area contributed by atoms with Gasteiger partial charge in [0.1, 0.15) is 0 Å². The van der Waals surface area contributed by atoms with Crippen molar-refractivity contribution in [1.82, 2.24) is 0 Å². The number of carbonyl (C=O) groups excluding carboxylic acids is 1. The highest BCUT2D eigenvalue weighted by atomic mass is 16.5. The Morgan fingerprint density at radius 1 is 1.30 bits per heavy atom. The van der Waals surface area contributed by atoms with E-state index in [-0.39, 0.29) is 11.4 Å². The zero-order valence-corrected chi connectivity index (χ0v) is 13.1. The van der Waals surface area contributed by atoms with Crippen molar-refractivity contribution in [3.63, 3.8) is 0 Å². The molecule has 0 fully saturated rings. The Labute approximate surface area is 122 Å². The fourth-order valence-electron chi connectivity index (χ4n) is 2.56. The molecule has 0 radical (unpaired) electrons. The lowest BCUT2D eigenvalue weighted by Crippen LogP contribution is -2.37. The van der Waals surface area contributed by atoms with Crippen LogP contribution in [0.4, 0.5) is 0 Å². The lowest BCUT2D eigenvalue weighted by molar-refractivity contribution is -0.145. The van der Waals surface area contributed by atoms with E-state index in [1.54, 1.807) is 6.21 Å². The molecule has 1 aromatic rings. The molecule has 0 aliphatic rings. The number of hydrogen-bond donors (Lipinski definition) is 0. The first-order chi connectivity index (χ1) is 9.36. The molecule has 0 N–H and O–H groups in total. The van der Waals surface area contributed by atoms with Gasteiger partial charge >= 0.3 is 5.97 Å². The molecular weight excluding hydrogens is 250 g/mol. The maximum Gasteiger partial charge on any atom is 0.331 e. The monoisotopic (exact) mass is 275 g/mol. The molecule has 110 valence electrons. The smallest absolute Gasteiger partial charge is 0.331 e. The second-order valence-corrected chi connectivity index (χ2v) is 6.20. The van der Waals surface area contributed by atoms with Crippen LogP contribution in [0, 0.1) is 11.3 Å². The highest BCUT2D eigenvalue weighted by Crippen LogP contribution is 2.32. The van der Waals surface area contributed by atoms with E-state index in [1.807, 2.05) is 30.3 Å². The van der Waals surface area contributed by atoms with E-state index < -0.39 is 6.04 Å². The molecule has 0 unspecified atom stereocenters. The van der Waals surface area contributed by atoms with Gasteiger partial charge in [-0.25, -0.2) is 4.79 Å². The van der Waals surface area contributed by atoms with Gasteiger partial charge in [-0.1, -0.05) is 58.0 Å². The van der Waals surface area contributed by atoms with E-state index in [0.29, 0.717) is 5.92 Å². The van der Waals surface area contributed by atoms with Crippen LogP contribution in [-0.4, -0.2) is 25.3 Å². The summed E-state index contributed by atoms with van der Waals surface area (Å²) >= 11 is 0. The summed E-state index contributed by atoms with van der Waals surface area (Å²) in [5.74, 6) is 0.229. The van der Waals surface area contributed by atoms with Crippen LogP contribution in [0.15, 0.2) is 35.3 Å². The van der Waals surface area contributed by atoms with E-state index in [0.717, 1.165) is 12.0 Å². The van der Waals surface area contributed by atoms with Crippen molar-refractivity contribution in [3.8, 4) is 0 Å². The number of benzene rings is 1. The minimum atomic E-state index is -0.477. The SMILES string of the molecule is COC(=O)[C@@H](/N=C/c1ccccc1)C(C)(C)CC(C)C. The molecule has 0 heterocycles. The average Bonchev–Trinajstić information content (AvgIpc) is 2.38. The minimum absolute atomic E-state index is 0.230. The van der Waals surface area contributed by atoms with E-state index in [1.165, 1.54) is 7.11 Å². The van der Waals surface area contributed by atoms with Gasteiger partial charge in [-0.05, 0) is 23.3 Å². The van der Waals surface area contributed by atoms with Gasteiger partial charge in [0.25, 0.3) is 0 Å². The van der Waals surface area contributed by atoms with Crippen LogP contribution < -0.4 is 0 Å². The molecular formula is C17H25NO2. The molecule has 1 atom stereocenters. The van der Waals surface area contributed by atoms with Crippen molar-refractivity contribution in [2.45, 2.75) is 40.2 Å². The predicted octanol–water partition coefficient (Wildman–Crippen LogP) is 3.72. The third-order valence-electron chi connectivity index (χ3n) is 3.27. The summed E-state index contributed by atoms with van der Waals surface area (Å²) in [6.07, 6.45) is 2.67. The molecule has 0 saturated carbocycles. The van der Waals surface area contributed by atoms with Crippen molar-refractivity contribution in [2.24, 2.45) is 16.3 Å². The van der Waals surface area contributed by atoms with E-state index >= 15 is 0 Å². The molecule has 3 nitrogen and oxygen atoms in total. The topological polar surface area (TPSA) is 38.7 Å². The summed E-state index contributed by atoms with van der Waals surface area (Å²) in [5.41, 5.74) is 0.758. The fourth-order valence-corrected chi connectivity index (χ4v) is 2.56. The standard InChI is InChI=1S/C17H25NO2/c1-13(2)11-17(3,4)15(16(19)20-5)18-12-14-9-7-6-8-10-14/h6-10,12-13,15H,11H2,1-5H3/b18-12+/t15-/m1/s1. The van der Waals surface area contributed by atoms with Crippen LogP contribution in [0.1, 0.15) is 39.7 Å². The number of rotatable bonds is 6. The molecule has 0 bridgehead atoms. The van der Waals surface area contributed by atoms with Crippen LogP contribution in [0.25, 0.3) is 0 Å². The van der Waals surface area contributed by atoms with Crippen molar-refractivity contribution in [2.75, 3.05) is 7.11 Å². The molecule has 0 aromatic heterocycles. The Hall–Kier alpha value is -1.64. The summed E-state index contributed by atoms with van der Waals surface area (Å²) < 4.78 is 4.92. The predicted molar refractivity (Wildman–Crippen MR) is 83.1 cm³/mol. The van der Waals surface area contributed by atoms with E-state index in [9.17, 15) is 4.79 Å². The Kier molecular flexibility index (Phi) is 5.93. The van der Waals surface area contributed by atoms with Gasteiger partial charge in [0.2, 0.25) is 0 Å². The Morgan fingerprint density at radius 2 is 1.90 bits per heavy atom. The lowest BCUT2D eigenvalue weighted by Gasteiger charge is -2.31. The van der Waals surface area contributed by atoms with Crippen molar-refractivity contribution in [3.05, 3.63) is 35.9 Å². The third kappa shape index (κ3) is 4.80. The van der Waals surface area contributed by atoms with Crippen molar-refractivity contribution < 1.29 is 9.53 Å². The summed E-state index contributed by atoms with van der Waals surface area (Å²) in [6, 6.07) is 9.31. The largest absolute Gasteiger partial charge is 0.467 e. The number of carbonyl (C=O) groups is 1. The Bertz CT molecular complexity index is 449. The molecule has 0 saturated heterocycles. The molecule has 3 heteroatoms. The molecule has 0 amide bonds. The van der Waals surface area contributed by atoms with Gasteiger partial charge < -0.3 is 4.74 Å². The zero-order chi connectivity index (χ0) is 15.2. The molecule has 0 aliphatic carbocycles. The summed E-state index contributed by atoms with van der Waals surface area (Å²) in [6.45, 7) is 8.43. The first-order valence-electron chi connectivity index (χ1n) is 7.03. The van der Waals surface area contributed by atoms with Crippen LogP contribution in [0.5, 0.6) is 0 Å². The lowest BCUT2D eigenvalue weighted by atomic mass is 9.77. The normalized spacial score (nSPS) is 13.7. The van der Waals surface area contributed by atoms with E-state index in [2.05, 4.69) is 32.7 Å². The Balaban J connectivity index is 2.96. The van der Waals surface area contributed by atoms with Crippen LogP contribution in [0.3, 0.4) is 0 Å². The maximum atomic E-state index is 12.0. The van der Waals surface area contributed by atoms with Gasteiger partial charge in [-0.3, -0.25) is 4.99 Å². The second-order valence-electron chi connectivity index (χ2n) is 6.20. The van der Waals surface area contributed by atoms with Crippen molar-refractivity contribution in [1.29, 1.82) is 0 Å². The molecule has 0 spiro atoms. The molecule has 1 rings (SSSR count). The average molecular weight is 275 g/mol. The van der Waals surface area contributed by atoms with Gasteiger partial charge in [0.05, 0.1) is 7.11 Å². The second kappa shape index (κ2) is 7.22. The van der Waals surface area contributed by atoms with Gasteiger partial charge in [-0.15, -0.1) is 0 Å². The van der Waals surface area contributed by atoms with Gasteiger partial charge in [-0.2, -0.15) is 0 Å². The summed E-state index contributed by atoms with van der Waals surface area (Å²) in [7, 11) is 1.42. The molecule has 1 aromatic carbocycles. The Morgan fingerprint density at radius 3 is 2.40 bits per heavy atom. The number of methoxy groups -OCH3 is 1. The van der Waals surface area contributed by atoms with Crippen LogP contribution in [0.2, 0.25) is 0 Å². The first-order valence-corrected chi connectivity index (χ1v) is 7.03. The molecule has 0 aliphatic heterocycles. The number of aliphatic imine (C=N–C) groups is 1. The highest BCUT2D eigenvalue weighted by molar-refractivity contribution is 5.84. The zero-order valence-electron chi connectivity index (χ0n) is 13.1. The number of esters is 1. The van der Waals surface area contributed by atoms with Crippen molar-refractivity contribution >= 4 is 12.2 Å². The fraction of sp³-hybridized carbons (Fsp3) is 0.529. The highest BCUT2D eigenvalue weighted by Gasteiger charge is 2.36. The van der Waals surface area contributed by atoms with Crippen LogP contribution in [-0.2, 0) is 9.53 Å². The van der Waals surface area contributed by atoms with Crippen LogP contribution >= 0.6 is 0 Å². The summed E-state index contributed by atoms with van der Waals surface area (Å²) in [4.78, 5) is 16.5. The minimum Gasteiger partial charge on any atom is -0.467 e. The first kappa shape index (κ1) is 16.4. The number of hydrogen-bond acceptors (Lipinski definition) is 3. The van der Waals surface area contributed by atoms with Gasteiger partial charge in [0.15, 0.2) is 6.04 Å². The molecule has 20 heavy (non-hydrogen) atoms. The quantitative estimate of drug-likeness (QED) is 0.586.